The molecule has 2 unspecified atom stereocenters. The fourth-order valence-electron chi connectivity index (χ4n) is 1.63. The molecule has 1 heterocycles. The molecule has 1 aliphatic rings. The van der Waals surface area contributed by atoms with Crippen LogP contribution in [-0.2, 0) is 9.53 Å². The molecule has 1 saturated heterocycles. The van der Waals surface area contributed by atoms with E-state index in [9.17, 15) is 4.79 Å². The van der Waals surface area contributed by atoms with E-state index in [1.165, 1.54) is 0 Å². The van der Waals surface area contributed by atoms with Gasteiger partial charge in [0.1, 0.15) is 0 Å². The first kappa shape index (κ1) is 13.4. The Labute approximate surface area is 97.5 Å². The summed E-state index contributed by atoms with van der Waals surface area (Å²) in [6.45, 7) is 7.80. The van der Waals surface area contributed by atoms with Crippen LogP contribution in [0.25, 0.3) is 0 Å². The van der Waals surface area contributed by atoms with E-state index >= 15 is 0 Å². The monoisotopic (exact) mass is 229 g/mol. The first-order chi connectivity index (χ1) is 7.65. The van der Waals surface area contributed by atoms with Gasteiger partial charge in [0.15, 0.2) is 0 Å². The van der Waals surface area contributed by atoms with Crippen LogP contribution in [0, 0.1) is 0 Å². The number of hydrogen-bond donors (Lipinski definition) is 2. The molecule has 16 heavy (non-hydrogen) atoms. The minimum Gasteiger partial charge on any atom is -0.379 e. The summed E-state index contributed by atoms with van der Waals surface area (Å²) in [6.07, 6.45) is 0. The minimum absolute atomic E-state index is 0.0621. The van der Waals surface area contributed by atoms with Gasteiger partial charge in [0.2, 0.25) is 5.91 Å². The predicted octanol–water partition coefficient (Wildman–Crippen LogP) is -0.569. The Balaban J connectivity index is 2.29. The first-order valence-corrected chi connectivity index (χ1v) is 5.92. The maximum atomic E-state index is 11.8. The molecule has 0 aromatic carbocycles. The van der Waals surface area contributed by atoms with Crippen molar-refractivity contribution >= 4 is 5.91 Å². The fourth-order valence-corrected chi connectivity index (χ4v) is 1.63. The molecule has 1 aliphatic heterocycles. The fraction of sp³-hybridized carbons (Fsp3) is 0.909. The zero-order chi connectivity index (χ0) is 12.0. The summed E-state index contributed by atoms with van der Waals surface area (Å²) in [4.78, 5) is 14.0. The van der Waals surface area contributed by atoms with E-state index in [4.69, 9.17) is 4.74 Å². The van der Waals surface area contributed by atoms with Gasteiger partial charge in [-0.3, -0.25) is 9.69 Å². The van der Waals surface area contributed by atoms with Crippen molar-refractivity contribution in [2.45, 2.75) is 25.9 Å². The summed E-state index contributed by atoms with van der Waals surface area (Å²) in [5, 5.41) is 6.04. The summed E-state index contributed by atoms with van der Waals surface area (Å²) >= 11 is 0. The third-order valence-corrected chi connectivity index (χ3v) is 3.05. The van der Waals surface area contributed by atoms with E-state index < -0.39 is 0 Å². The van der Waals surface area contributed by atoms with Gasteiger partial charge in [-0.2, -0.15) is 0 Å². The van der Waals surface area contributed by atoms with Crippen LogP contribution >= 0.6 is 0 Å². The summed E-state index contributed by atoms with van der Waals surface area (Å²) in [7, 11) is 1.89. The second kappa shape index (κ2) is 6.83. The SMILES string of the molecule is CNC(C)CNC(=O)C(C)N1CCOCC1. The third kappa shape index (κ3) is 4.08. The molecule has 0 spiro atoms. The zero-order valence-corrected chi connectivity index (χ0v) is 10.5. The molecule has 0 aromatic heterocycles. The molecular weight excluding hydrogens is 206 g/mol. The Morgan fingerprint density at radius 3 is 2.56 bits per heavy atom. The number of amides is 1. The highest BCUT2D eigenvalue weighted by atomic mass is 16.5. The molecule has 0 aliphatic carbocycles. The Bertz CT molecular complexity index is 217. The Hall–Kier alpha value is -0.650. The van der Waals surface area contributed by atoms with Crippen molar-refractivity contribution in [1.82, 2.24) is 15.5 Å². The van der Waals surface area contributed by atoms with Crippen LogP contribution in [-0.4, -0.2) is 62.8 Å². The van der Waals surface area contributed by atoms with Gasteiger partial charge in [-0.05, 0) is 20.9 Å². The van der Waals surface area contributed by atoms with Gasteiger partial charge in [-0.1, -0.05) is 0 Å². The standard InChI is InChI=1S/C11H23N3O2/c1-9(12-3)8-13-11(15)10(2)14-4-6-16-7-5-14/h9-10,12H,4-8H2,1-3H3,(H,13,15). The number of likely N-dealkylation sites (N-methyl/N-ethyl adjacent to an activating group) is 1. The number of carbonyl (C=O) groups is 1. The third-order valence-electron chi connectivity index (χ3n) is 3.05. The second-order valence-corrected chi connectivity index (χ2v) is 4.26. The maximum absolute atomic E-state index is 11.8. The Morgan fingerprint density at radius 1 is 1.38 bits per heavy atom. The Kier molecular flexibility index (Phi) is 5.73. The molecule has 1 rings (SSSR count). The topological polar surface area (TPSA) is 53.6 Å². The van der Waals surface area contributed by atoms with E-state index in [0.717, 1.165) is 26.3 Å². The summed E-state index contributed by atoms with van der Waals surface area (Å²) < 4.78 is 5.26. The highest BCUT2D eigenvalue weighted by Gasteiger charge is 2.22. The molecular formula is C11H23N3O2. The van der Waals surface area contributed by atoms with Crippen molar-refractivity contribution in [2.24, 2.45) is 0 Å². The quantitative estimate of drug-likeness (QED) is 0.663. The molecule has 0 aromatic rings. The summed E-state index contributed by atoms with van der Waals surface area (Å²) in [5.41, 5.74) is 0. The molecule has 0 bridgehead atoms. The van der Waals surface area contributed by atoms with Crippen LogP contribution in [0.5, 0.6) is 0 Å². The molecule has 0 radical (unpaired) electrons. The average Bonchev–Trinajstić information content (AvgIpc) is 2.35. The van der Waals surface area contributed by atoms with E-state index in [2.05, 4.69) is 15.5 Å². The van der Waals surface area contributed by atoms with Crippen molar-refractivity contribution in [3.05, 3.63) is 0 Å². The van der Waals surface area contributed by atoms with Gasteiger partial charge >= 0.3 is 0 Å². The van der Waals surface area contributed by atoms with Gasteiger partial charge in [0, 0.05) is 25.7 Å². The number of rotatable bonds is 5. The highest BCUT2D eigenvalue weighted by molar-refractivity contribution is 5.81. The van der Waals surface area contributed by atoms with Crippen LogP contribution in [0.2, 0.25) is 0 Å². The lowest BCUT2D eigenvalue weighted by Crippen LogP contribution is -2.51. The number of hydrogen-bond acceptors (Lipinski definition) is 4. The van der Waals surface area contributed by atoms with Gasteiger partial charge in [-0.15, -0.1) is 0 Å². The van der Waals surface area contributed by atoms with Crippen LogP contribution in [0.15, 0.2) is 0 Å². The number of nitrogens with one attached hydrogen (secondary N) is 2. The molecule has 5 heteroatoms. The van der Waals surface area contributed by atoms with E-state index in [1.54, 1.807) is 0 Å². The van der Waals surface area contributed by atoms with Crippen molar-refractivity contribution in [3.63, 3.8) is 0 Å². The molecule has 94 valence electrons. The highest BCUT2D eigenvalue weighted by Crippen LogP contribution is 2.03. The van der Waals surface area contributed by atoms with Crippen molar-refractivity contribution in [2.75, 3.05) is 39.9 Å². The normalized spacial score (nSPS) is 21.4. The molecule has 2 N–H and O–H groups in total. The van der Waals surface area contributed by atoms with Crippen LogP contribution < -0.4 is 10.6 Å². The number of nitrogens with zero attached hydrogens (tertiary/aromatic N) is 1. The number of morpholine rings is 1. The molecule has 5 nitrogen and oxygen atoms in total. The van der Waals surface area contributed by atoms with E-state index in [0.29, 0.717) is 12.6 Å². The lowest BCUT2D eigenvalue weighted by Gasteiger charge is -2.31. The second-order valence-electron chi connectivity index (χ2n) is 4.26. The van der Waals surface area contributed by atoms with Gasteiger partial charge in [0.25, 0.3) is 0 Å². The number of ether oxygens (including phenoxy) is 1. The Morgan fingerprint density at radius 2 is 2.00 bits per heavy atom. The van der Waals surface area contributed by atoms with E-state index in [-0.39, 0.29) is 11.9 Å². The lowest BCUT2D eigenvalue weighted by molar-refractivity contribution is -0.127. The van der Waals surface area contributed by atoms with Crippen molar-refractivity contribution in [1.29, 1.82) is 0 Å². The van der Waals surface area contributed by atoms with Crippen molar-refractivity contribution in [3.8, 4) is 0 Å². The smallest absolute Gasteiger partial charge is 0.237 e. The predicted molar refractivity (Wildman–Crippen MR) is 63.4 cm³/mol. The van der Waals surface area contributed by atoms with Crippen LogP contribution in [0.3, 0.4) is 0 Å². The molecule has 1 amide bonds. The van der Waals surface area contributed by atoms with Crippen LogP contribution in [0.4, 0.5) is 0 Å². The van der Waals surface area contributed by atoms with Crippen molar-refractivity contribution < 1.29 is 9.53 Å². The van der Waals surface area contributed by atoms with Gasteiger partial charge in [-0.25, -0.2) is 0 Å². The van der Waals surface area contributed by atoms with Crippen LogP contribution in [0.1, 0.15) is 13.8 Å². The molecule has 1 fully saturated rings. The largest absolute Gasteiger partial charge is 0.379 e. The molecule has 2 atom stereocenters. The summed E-state index contributed by atoms with van der Waals surface area (Å²) in [6, 6.07) is 0.244. The first-order valence-electron chi connectivity index (χ1n) is 5.92. The zero-order valence-electron chi connectivity index (χ0n) is 10.5. The minimum atomic E-state index is -0.0621. The average molecular weight is 229 g/mol. The van der Waals surface area contributed by atoms with Gasteiger partial charge in [0.05, 0.1) is 19.3 Å². The van der Waals surface area contributed by atoms with E-state index in [1.807, 2.05) is 20.9 Å². The lowest BCUT2D eigenvalue weighted by atomic mass is 10.2. The maximum Gasteiger partial charge on any atom is 0.237 e. The van der Waals surface area contributed by atoms with Gasteiger partial charge < -0.3 is 15.4 Å². The molecule has 0 saturated carbocycles. The number of carbonyl (C=O) groups excluding carboxylic acids is 1. The summed E-state index contributed by atoms with van der Waals surface area (Å²) in [5.74, 6) is 0.101.